The van der Waals surface area contributed by atoms with Gasteiger partial charge in [0.05, 0.1) is 41.2 Å². The van der Waals surface area contributed by atoms with Gasteiger partial charge in [0.25, 0.3) is 5.56 Å². The van der Waals surface area contributed by atoms with E-state index >= 15 is 0 Å². The Hall–Kier alpha value is -3.79. The average molecular weight is 398 g/mol. The lowest BCUT2D eigenvalue weighted by Gasteiger charge is -2.13. The van der Waals surface area contributed by atoms with E-state index in [-0.39, 0.29) is 5.56 Å². The van der Waals surface area contributed by atoms with Crippen LogP contribution in [-0.4, -0.2) is 24.7 Å². The van der Waals surface area contributed by atoms with E-state index in [0.29, 0.717) is 12.8 Å². The van der Waals surface area contributed by atoms with Gasteiger partial charge < -0.3 is 4.57 Å². The van der Waals surface area contributed by atoms with Crippen LogP contribution in [0.15, 0.2) is 47.7 Å². The Morgan fingerprint density at radius 2 is 2.00 bits per heavy atom. The molecule has 0 aliphatic rings. The molecule has 3 aromatic heterocycles. The van der Waals surface area contributed by atoms with E-state index in [0.717, 1.165) is 52.0 Å². The molecule has 0 aliphatic carbocycles. The van der Waals surface area contributed by atoms with E-state index in [1.54, 1.807) is 12.4 Å². The van der Waals surface area contributed by atoms with E-state index in [2.05, 4.69) is 46.4 Å². The molecule has 0 bridgehead atoms. The first-order chi connectivity index (χ1) is 14.5. The van der Waals surface area contributed by atoms with Crippen LogP contribution in [0.5, 0.6) is 0 Å². The third-order valence-corrected chi connectivity index (χ3v) is 5.32. The van der Waals surface area contributed by atoms with Crippen LogP contribution in [0.3, 0.4) is 0 Å². The molecule has 30 heavy (non-hydrogen) atoms. The highest BCUT2D eigenvalue weighted by Gasteiger charge is 2.13. The maximum absolute atomic E-state index is 11.3. The molecule has 0 radical (unpaired) electrons. The maximum Gasteiger partial charge on any atom is 0.264 e. The Labute approximate surface area is 174 Å². The Morgan fingerprint density at radius 3 is 2.70 bits per heavy atom. The highest BCUT2D eigenvalue weighted by Crippen LogP contribution is 2.28. The molecule has 7 heteroatoms. The molecule has 0 saturated heterocycles. The summed E-state index contributed by atoms with van der Waals surface area (Å²) in [5, 5.41) is 16.7. The quantitative estimate of drug-likeness (QED) is 0.537. The van der Waals surface area contributed by atoms with Crippen molar-refractivity contribution in [2.45, 2.75) is 32.6 Å². The number of aromatic amines is 1. The zero-order valence-corrected chi connectivity index (χ0v) is 17.0. The first-order valence-corrected chi connectivity index (χ1v) is 9.86. The predicted molar refractivity (Wildman–Crippen MR) is 115 cm³/mol. The predicted octanol–water partition coefficient (Wildman–Crippen LogP) is 3.27. The topological polar surface area (TPSA) is 100 Å². The summed E-state index contributed by atoms with van der Waals surface area (Å²) in [5.74, 6) is 0. The summed E-state index contributed by atoms with van der Waals surface area (Å²) in [6.07, 6.45) is 6.24. The summed E-state index contributed by atoms with van der Waals surface area (Å²) < 4.78 is 1.95. The lowest BCUT2D eigenvalue weighted by Crippen LogP contribution is -2.08. The first kappa shape index (κ1) is 19.5. The Kier molecular flexibility index (Phi) is 5.40. The third kappa shape index (κ3) is 3.98. The molecule has 1 N–H and O–H groups in total. The molecular formula is C23H22N6O. The van der Waals surface area contributed by atoms with Gasteiger partial charge in [-0.1, -0.05) is 0 Å². The molecule has 0 atom stereocenters. The molecule has 0 aliphatic heterocycles. The molecule has 7 nitrogen and oxygen atoms in total. The van der Waals surface area contributed by atoms with Gasteiger partial charge in [0.1, 0.15) is 0 Å². The largest absolute Gasteiger partial charge is 0.332 e. The van der Waals surface area contributed by atoms with Gasteiger partial charge in [0.15, 0.2) is 0 Å². The summed E-state index contributed by atoms with van der Waals surface area (Å²) in [6, 6.07) is 11.9. The van der Waals surface area contributed by atoms with Gasteiger partial charge in [-0.2, -0.15) is 10.4 Å². The summed E-state index contributed by atoms with van der Waals surface area (Å²) >= 11 is 0. The van der Waals surface area contributed by atoms with Gasteiger partial charge in [0.2, 0.25) is 0 Å². The van der Waals surface area contributed by atoms with Crippen molar-refractivity contribution in [3.05, 3.63) is 75.6 Å². The van der Waals surface area contributed by atoms with E-state index in [1.807, 2.05) is 17.8 Å². The first-order valence-electron chi connectivity index (χ1n) is 9.86. The second kappa shape index (κ2) is 8.29. The summed E-state index contributed by atoms with van der Waals surface area (Å²) in [4.78, 5) is 20.4. The summed E-state index contributed by atoms with van der Waals surface area (Å²) in [6.45, 7) is 2.06. The number of benzene rings is 1. The smallest absolute Gasteiger partial charge is 0.264 e. The minimum absolute atomic E-state index is 0.204. The number of H-pyrrole nitrogens is 1. The van der Waals surface area contributed by atoms with Gasteiger partial charge in [0, 0.05) is 24.9 Å². The van der Waals surface area contributed by atoms with Gasteiger partial charge in [-0.25, -0.2) is 15.1 Å². The number of imidazole rings is 1. The molecule has 0 unspecified atom stereocenters. The lowest BCUT2D eigenvalue weighted by atomic mass is 9.95. The van der Waals surface area contributed by atoms with Crippen LogP contribution in [0.25, 0.3) is 22.3 Å². The van der Waals surface area contributed by atoms with Crippen molar-refractivity contribution in [1.29, 1.82) is 5.26 Å². The van der Waals surface area contributed by atoms with Crippen molar-refractivity contribution in [3.8, 4) is 17.5 Å². The number of hydrogen-bond acceptors (Lipinski definition) is 5. The van der Waals surface area contributed by atoms with Crippen molar-refractivity contribution >= 4 is 10.9 Å². The monoisotopic (exact) mass is 398 g/mol. The summed E-state index contributed by atoms with van der Waals surface area (Å²) in [7, 11) is 1.95. The number of nitriles is 1. The fourth-order valence-electron chi connectivity index (χ4n) is 3.67. The van der Waals surface area contributed by atoms with E-state index in [1.165, 1.54) is 11.6 Å². The Bertz CT molecular complexity index is 1290. The molecule has 0 spiro atoms. The molecule has 150 valence electrons. The number of nitrogens with one attached hydrogen (secondary N) is 1. The van der Waals surface area contributed by atoms with Crippen LogP contribution in [-0.2, 0) is 26.3 Å². The van der Waals surface area contributed by atoms with E-state index < -0.39 is 0 Å². The van der Waals surface area contributed by atoms with Crippen molar-refractivity contribution in [1.82, 2.24) is 24.7 Å². The van der Waals surface area contributed by atoms with Gasteiger partial charge in [-0.3, -0.25) is 4.79 Å². The second-order valence-electron chi connectivity index (χ2n) is 7.42. The third-order valence-electron chi connectivity index (χ3n) is 5.32. The van der Waals surface area contributed by atoms with Gasteiger partial charge in [-0.15, -0.1) is 0 Å². The molecule has 3 heterocycles. The number of aryl methyl sites for hydroxylation is 5. The van der Waals surface area contributed by atoms with Crippen LogP contribution < -0.4 is 5.56 Å². The number of aromatic nitrogens is 5. The number of rotatable bonds is 6. The normalized spacial score (nSPS) is 11.0. The molecule has 0 amide bonds. The minimum atomic E-state index is -0.204. The van der Waals surface area contributed by atoms with Gasteiger partial charge in [-0.05, 0) is 67.1 Å². The Morgan fingerprint density at radius 1 is 1.13 bits per heavy atom. The minimum Gasteiger partial charge on any atom is -0.332 e. The number of fused-ring (bicyclic) bond motifs is 1. The average Bonchev–Trinajstić information content (AvgIpc) is 3.17. The number of pyridine rings is 1. The van der Waals surface area contributed by atoms with Crippen LogP contribution in [0.4, 0.5) is 0 Å². The van der Waals surface area contributed by atoms with Crippen molar-refractivity contribution in [2.75, 3.05) is 0 Å². The second-order valence-corrected chi connectivity index (χ2v) is 7.42. The molecule has 1 aromatic carbocycles. The number of nitrogens with zero attached hydrogens (tertiary/aromatic N) is 5. The highest BCUT2D eigenvalue weighted by molar-refractivity contribution is 5.86. The SMILES string of the molecule is Cc1cc2nc(-c3cncn3C)cc(CCc3ccc(=O)[nH]n3)c2cc1CCC#N. The summed E-state index contributed by atoms with van der Waals surface area (Å²) in [5.41, 5.74) is 6.84. The van der Waals surface area contributed by atoms with Gasteiger partial charge >= 0.3 is 0 Å². The van der Waals surface area contributed by atoms with Crippen molar-refractivity contribution in [3.63, 3.8) is 0 Å². The number of hydrogen-bond donors (Lipinski definition) is 1. The standard InChI is InChI=1S/C23H22N6O/c1-15-10-20-19(11-16(15)4-3-9-24)17(5-6-18-7-8-23(30)28-27-18)12-21(26-20)22-13-25-14-29(22)2/h7-8,10-14H,3-6H2,1-2H3,(H,28,30). The van der Waals surface area contributed by atoms with Crippen LogP contribution in [0, 0.1) is 18.3 Å². The maximum atomic E-state index is 11.3. The zero-order chi connectivity index (χ0) is 21.1. The zero-order valence-electron chi connectivity index (χ0n) is 17.0. The van der Waals surface area contributed by atoms with Crippen LogP contribution in [0.2, 0.25) is 0 Å². The van der Waals surface area contributed by atoms with E-state index in [9.17, 15) is 4.79 Å². The Balaban J connectivity index is 1.80. The lowest BCUT2D eigenvalue weighted by molar-refractivity contribution is 0.847. The van der Waals surface area contributed by atoms with Crippen LogP contribution in [0.1, 0.15) is 28.8 Å². The van der Waals surface area contributed by atoms with Crippen molar-refractivity contribution < 1.29 is 0 Å². The molecule has 0 fully saturated rings. The molecule has 0 saturated carbocycles. The van der Waals surface area contributed by atoms with Crippen molar-refractivity contribution in [2.24, 2.45) is 7.05 Å². The van der Waals surface area contributed by atoms with Crippen LogP contribution >= 0.6 is 0 Å². The molecular weight excluding hydrogens is 376 g/mol. The van der Waals surface area contributed by atoms with E-state index in [4.69, 9.17) is 10.2 Å². The fourth-order valence-corrected chi connectivity index (χ4v) is 3.67. The molecule has 4 rings (SSSR count). The fraction of sp³-hybridized carbons (Fsp3) is 0.261. The highest BCUT2D eigenvalue weighted by atomic mass is 16.1. The molecule has 4 aromatic rings.